The van der Waals surface area contributed by atoms with Gasteiger partial charge in [-0.2, -0.15) is 0 Å². The molecule has 0 bridgehead atoms. The highest BCUT2D eigenvalue weighted by Gasteiger charge is 2.21. The number of carbonyl (C=O) groups is 1. The number of pyridine rings is 1. The molecule has 5 nitrogen and oxygen atoms in total. The van der Waals surface area contributed by atoms with Crippen LogP contribution in [0.1, 0.15) is 31.7 Å². The van der Waals surface area contributed by atoms with Gasteiger partial charge in [-0.05, 0) is 12.5 Å². The number of nitrogens with zero attached hydrogens (tertiary/aromatic N) is 1. The van der Waals surface area contributed by atoms with Gasteiger partial charge in [-0.15, -0.1) is 0 Å². The summed E-state index contributed by atoms with van der Waals surface area (Å²) in [6.45, 7) is 4.64. The largest absolute Gasteiger partial charge is 0.477 e. The summed E-state index contributed by atoms with van der Waals surface area (Å²) in [4.78, 5) is 16.0. The van der Waals surface area contributed by atoms with Crippen molar-refractivity contribution in [3.63, 3.8) is 0 Å². The van der Waals surface area contributed by atoms with Gasteiger partial charge >= 0.3 is 0 Å². The van der Waals surface area contributed by atoms with Crippen molar-refractivity contribution in [2.75, 3.05) is 19.8 Å². The SMILES string of the molecule is CCCCOc1ncccc1CNC(=O)CC1COC1. The molecule has 1 saturated heterocycles. The van der Waals surface area contributed by atoms with Crippen molar-refractivity contribution in [2.45, 2.75) is 32.7 Å². The van der Waals surface area contributed by atoms with Gasteiger partial charge in [-0.3, -0.25) is 4.79 Å². The van der Waals surface area contributed by atoms with E-state index in [0.29, 0.717) is 44.6 Å². The molecule has 0 atom stereocenters. The van der Waals surface area contributed by atoms with Crippen LogP contribution < -0.4 is 10.1 Å². The summed E-state index contributed by atoms with van der Waals surface area (Å²) < 4.78 is 10.7. The number of amides is 1. The molecule has 1 fully saturated rings. The average Bonchev–Trinajstić information content (AvgIpc) is 2.42. The number of ether oxygens (including phenoxy) is 2. The van der Waals surface area contributed by atoms with Gasteiger partial charge in [0.05, 0.1) is 19.8 Å². The van der Waals surface area contributed by atoms with E-state index in [2.05, 4.69) is 17.2 Å². The number of carbonyl (C=O) groups excluding carboxylic acids is 1. The van der Waals surface area contributed by atoms with Gasteiger partial charge in [0.1, 0.15) is 0 Å². The monoisotopic (exact) mass is 278 g/mol. The topological polar surface area (TPSA) is 60.5 Å². The molecule has 1 amide bonds. The van der Waals surface area contributed by atoms with Crippen LogP contribution in [0.15, 0.2) is 18.3 Å². The van der Waals surface area contributed by atoms with E-state index in [1.807, 2.05) is 12.1 Å². The van der Waals surface area contributed by atoms with Crippen molar-refractivity contribution in [3.05, 3.63) is 23.9 Å². The Morgan fingerprint density at radius 1 is 1.55 bits per heavy atom. The van der Waals surface area contributed by atoms with E-state index < -0.39 is 0 Å². The quantitative estimate of drug-likeness (QED) is 0.738. The van der Waals surface area contributed by atoms with Crippen LogP contribution in [-0.2, 0) is 16.1 Å². The second kappa shape index (κ2) is 7.85. The van der Waals surface area contributed by atoms with Crippen LogP contribution in [0.2, 0.25) is 0 Å². The molecule has 2 heterocycles. The molecule has 1 aliphatic heterocycles. The fraction of sp³-hybridized carbons (Fsp3) is 0.600. The van der Waals surface area contributed by atoms with E-state index in [1.54, 1.807) is 6.20 Å². The van der Waals surface area contributed by atoms with E-state index in [4.69, 9.17) is 9.47 Å². The van der Waals surface area contributed by atoms with Crippen LogP contribution in [0.25, 0.3) is 0 Å². The minimum Gasteiger partial charge on any atom is -0.477 e. The Hall–Kier alpha value is -1.62. The Morgan fingerprint density at radius 2 is 2.40 bits per heavy atom. The number of nitrogens with one attached hydrogen (secondary N) is 1. The smallest absolute Gasteiger partial charge is 0.220 e. The predicted molar refractivity (Wildman–Crippen MR) is 75.4 cm³/mol. The van der Waals surface area contributed by atoms with Crippen LogP contribution in [0.3, 0.4) is 0 Å². The summed E-state index contributed by atoms with van der Waals surface area (Å²) >= 11 is 0. The molecule has 0 saturated carbocycles. The van der Waals surface area contributed by atoms with Gasteiger partial charge in [-0.25, -0.2) is 4.98 Å². The lowest BCUT2D eigenvalue weighted by atomic mass is 10.0. The van der Waals surface area contributed by atoms with Crippen molar-refractivity contribution >= 4 is 5.91 Å². The van der Waals surface area contributed by atoms with Gasteiger partial charge in [0.15, 0.2) is 0 Å². The summed E-state index contributed by atoms with van der Waals surface area (Å²) in [5.41, 5.74) is 0.918. The zero-order valence-corrected chi connectivity index (χ0v) is 11.9. The van der Waals surface area contributed by atoms with Gasteiger partial charge in [0.25, 0.3) is 0 Å². The van der Waals surface area contributed by atoms with Gasteiger partial charge in [-0.1, -0.05) is 19.4 Å². The summed E-state index contributed by atoms with van der Waals surface area (Å²) in [6, 6.07) is 3.79. The molecule has 20 heavy (non-hydrogen) atoms. The molecule has 1 aromatic rings. The standard InChI is InChI=1S/C15H22N2O3/c1-2-3-7-20-15-13(5-4-6-16-15)9-17-14(18)8-12-10-19-11-12/h4-6,12H,2-3,7-11H2,1H3,(H,17,18). The Morgan fingerprint density at radius 3 is 3.10 bits per heavy atom. The Labute approximate surface area is 119 Å². The van der Waals surface area contributed by atoms with E-state index in [1.165, 1.54) is 0 Å². The maximum Gasteiger partial charge on any atom is 0.220 e. The fourth-order valence-corrected chi connectivity index (χ4v) is 1.93. The molecule has 2 rings (SSSR count). The molecule has 0 unspecified atom stereocenters. The lowest BCUT2D eigenvalue weighted by Gasteiger charge is -2.25. The number of hydrogen-bond acceptors (Lipinski definition) is 4. The van der Waals surface area contributed by atoms with Crippen LogP contribution in [0.4, 0.5) is 0 Å². The van der Waals surface area contributed by atoms with Crippen molar-refractivity contribution in [1.82, 2.24) is 10.3 Å². The third kappa shape index (κ3) is 4.49. The third-order valence-corrected chi connectivity index (χ3v) is 3.24. The first-order valence-corrected chi connectivity index (χ1v) is 7.20. The van der Waals surface area contributed by atoms with Gasteiger partial charge in [0.2, 0.25) is 11.8 Å². The first-order chi connectivity index (χ1) is 9.79. The number of aromatic nitrogens is 1. The van der Waals surface area contributed by atoms with E-state index in [-0.39, 0.29) is 5.91 Å². The molecule has 110 valence electrons. The highest BCUT2D eigenvalue weighted by atomic mass is 16.5. The van der Waals surface area contributed by atoms with Crippen LogP contribution in [0.5, 0.6) is 5.88 Å². The number of rotatable bonds is 8. The molecule has 0 radical (unpaired) electrons. The molecule has 1 N–H and O–H groups in total. The number of unbranched alkanes of at least 4 members (excludes halogenated alkanes) is 1. The molecule has 1 aliphatic rings. The molecular weight excluding hydrogens is 256 g/mol. The maximum absolute atomic E-state index is 11.8. The summed E-state index contributed by atoms with van der Waals surface area (Å²) in [7, 11) is 0. The first kappa shape index (κ1) is 14.8. The van der Waals surface area contributed by atoms with E-state index in [9.17, 15) is 4.79 Å². The second-order valence-electron chi connectivity index (χ2n) is 5.05. The highest BCUT2D eigenvalue weighted by Crippen LogP contribution is 2.16. The van der Waals surface area contributed by atoms with Crippen LogP contribution in [-0.4, -0.2) is 30.7 Å². The van der Waals surface area contributed by atoms with Crippen LogP contribution >= 0.6 is 0 Å². The molecule has 1 aromatic heterocycles. The maximum atomic E-state index is 11.8. The van der Waals surface area contributed by atoms with Crippen molar-refractivity contribution in [2.24, 2.45) is 5.92 Å². The summed E-state index contributed by atoms with van der Waals surface area (Å²) in [6.07, 6.45) is 4.33. The zero-order chi connectivity index (χ0) is 14.2. The fourth-order valence-electron chi connectivity index (χ4n) is 1.93. The molecule has 0 spiro atoms. The highest BCUT2D eigenvalue weighted by molar-refractivity contribution is 5.76. The van der Waals surface area contributed by atoms with Crippen LogP contribution in [0, 0.1) is 5.92 Å². The predicted octanol–water partition coefficient (Wildman–Crippen LogP) is 1.91. The first-order valence-electron chi connectivity index (χ1n) is 7.20. The third-order valence-electron chi connectivity index (χ3n) is 3.24. The van der Waals surface area contributed by atoms with E-state index in [0.717, 1.165) is 18.4 Å². The molecule has 0 aromatic carbocycles. The Bertz CT molecular complexity index is 433. The summed E-state index contributed by atoms with van der Waals surface area (Å²) in [5.74, 6) is 1.05. The molecule has 5 heteroatoms. The lowest BCUT2D eigenvalue weighted by Crippen LogP contribution is -2.34. The van der Waals surface area contributed by atoms with Gasteiger partial charge < -0.3 is 14.8 Å². The minimum atomic E-state index is 0.0571. The van der Waals surface area contributed by atoms with Gasteiger partial charge in [0, 0.05) is 30.6 Å². The van der Waals surface area contributed by atoms with Crippen molar-refractivity contribution < 1.29 is 14.3 Å². The zero-order valence-electron chi connectivity index (χ0n) is 11.9. The lowest BCUT2D eigenvalue weighted by molar-refractivity contribution is -0.126. The number of hydrogen-bond donors (Lipinski definition) is 1. The Kier molecular flexibility index (Phi) is 5.80. The molecular formula is C15H22N2O3. The summed E-state index contributed by atoms with van der Waals surface area (Å²) in [5, 5.41) is 2.91. The average molecular weight is 278 g/mol. The minimum absolute atomic E-state index is 0.0571. The van der Waals surface area contributed by atoms with Crippen molar-refractivity contribution in [3.8, 4) is 5.88 Å². The van der Waals surface area contributed by atoms with Crippen molar-refractivity contribution in [1.29, 1.82) is 0 Å². The van der Waals surface area contributed by atoms with E-state index >= 15 is 0 Å². The molecule has 0 aliphatic carbocycles. The Balaban J connectivity index is 1.79. The normalized spacial score (nSPS) is 14.7. The second-order valence-corrected chi connectivity index (χ2v) is 5.05.